The van der Waals surface area contributed by atoms with Crippen LogP contribution in [0.5, 0.6) is 11.5 Å². The van der Waals surface area contributed by atoms with Crippen molar-refractivity contribution in [2.75, 3.05) is 32.7 Å². The van der Waals surface area contributed by atoms with E-state index in [1.165, 1.54) is 38.5 Å². The summed E-state index contributed by atoms with van der Waals surface area (Å²) in [6.07, 6.45) is -0.0516. The summed E-state index contributed by atoms with van der Waals surface area (Å²) in [4.78, 5) is 38.0. The maximum Gasteiger partial charge on any atom is 0.278 e. The summed E-state index contributed by atoms with van der Waals surface area (Å²) in [7, 11) is 3.00. The Morgan fingerprint density at radius 1 is 1.00 bits per heavy atom. The fourth-order valence-corrected chi connectivity index (χ4v) is 3.35. The van der Waals surface area contributed by atoms with Crippen molar-refractivity contribution in [2.45, 2.75) is 20.0 Å². The second-order valence-electron chi connectivity index (χ2n) is 7.43. The zero-order valence-electron chi connectivity index (χ0n) is 18.8. The highest BCUT2D eigenvalue weighted by atomic mass is 16.6. The number of hydrogen-bond donors (Lipinski definition) is 1. The van der Waals surface area contributed by atoms with Gasteiger partial charge in [-0.1, -0.05) is 0 Å². The van der Waals surface area contributed by atoms with Gasteiger partial charge in [0.25, 0.3) is 17.5 Å². The van der Waals surface area contributed by atoms with E-state index in [9.17, 15) is 19.7 Å². The number of nitro benzene ring substituents is 1. The van der Waals surface area contributed by atoms with Gasteiger partial charge in [-0.05, 0) is 43.7 Å². The van der Waals surface area contributed by atoms with E-state index < -0.39 is 16.7 Å². The van der Waals surface area contributed by atoms with Crippen LogP contribution in [0.25, 0.3) is 5.57 Å². The van der Waals surface area contributed by atoms with E-state index in [1.54, 1.807) is 18.2 Å². The van der Waals surface area contributed by atoms with Gasteiger partial charge in [-0.3, -0.25) is 24.6 Å². The summed E-state index contributed by atoms with van der Waals surface area (Å²) in [6.45, 7) is 3.98. The zero-order valence-corrected chi connectivity index (χ0v) is 18.8. The number of carbonyl (C=O) groups is 2. The number of imide groups is 1. The van der Waals surface area contributed by atoms with Gasteiger partial charge in [0.1, 0.15) is 5.70 Å². The van der Waals surface area contributed by atoms with Crippen molar-refractivity contribution >= 4 is 28.8 Å². The third-order valence-corrected chi connectivity index (χ3v) is 4.95. The van der Waals surface area contributed by atoms with Crippen LogP contribution in [0.3, 0.4) is 0 Å². The van der Waals surface area contributed by atoms with E-state index in [1.807, 2.05) is 13.8 Å². The average Bonchev–Trinajstić information content (AvgIpc) is 3.02. The van der Waals surface area contributed by atoms with Gasteiger partial charge in [0.15, 0.2) is 11.5 Å². The molecule has 1 aliphatic rings. The predicted octanol–water partition coefficient (Wildman–Crippen LogP) is 3.23. The van der Waals surface area contributed by atoms with Gasteiger partial charge in [0.05, 0.1) is 44.0 Å². The summed E-state index contributed by atoms with van der Waals surface area (Å²) < 4.78 is 16.0. The molecule has 0 saturated carbocycles. The first-order valence-corrected chi connectivity index (χ1v) is 10.2. The number of nitrogens with one attached hydrogen (secondary N) is 1. The maximum absolute atomic E-state index is 13.2. The van der Waals surface area contributed by atoms with Crippen molar-refractivity contribution in [3.8, 4) is 11.5 Å². The molecule has 0 aliphatic carbocycles. The van der Waals surface area contributed by atoms with Gasteiger partial charge < -0.3 is 19.5 Å². The van der Waals surface area contributed by atoms with Crippen LogP contribution < -0.4 is 14.8 Å². The van der Waals surface area contributed by atoms with Crippen LogP contribution in [0.4, 0.5) is 11.4 Å². The van der Waals surface area contributed by atoms with Crippen molar-refractivity contribution in [1.82, 2.24) is 4.90 Å². The second kappa shape index (κ2) is 10.1. The van der Waals surface area contributed by atoms with E-state index in [0.29, 0.717) is 22.7 Å². The number of methoxy groups -OCH3 is 2. The fraction of sp³-hybridized carbons (Fsp3) is 0.304. The highest BCUT2D eigenvalue weighted by Gasteiger charge is 2.39. The lowest BCUT2D eigenvalue weighted by molar-refractivity contribution is -0.384. The monoisotopic (exact) mass is 455 g/mol. The average molecular weight is 455 g/mol. The molecule has 2 aromatic carbocycles. The molecule has 3 rings (SSSR count). The topological polar surface area (TPSA) is 120 Å². The summed E-state index contributed by atoms with van der Waals surface area (Å²) in [6, 6.07) is 10.5. The van der Waals surface area contributed by atoms with Crippen molar-refractivity contribution < 1.29 is 28.7 Å². The molecule has 10 nitrogen and oxygen atoms in total. The third-order valence-electron chi connectivity index (χ3n) is 4.95. The molecule has 0 radical (unpaired) electrons. The number of anilines is 1. The molecule has 0 fully saturated rings. The molecule has 0 spiro atoms. The first-order chi connectivity index (χ1) is 15.8. The second-order valence-corrected chi connectivity index (χ2v) is 7.43. The molecule has 174 valence electrons. The first kappa shape index (κ1) is 23.7. The van der Waals surface area contributed by atoms with Crippen LogP contribution in [0.2, 0.25) is 0 Å². The Labute approximate surface area is 190 Å². The number of carbonyl (C=O) groups excluding carboxylic acids is 2. The maximum atomic E-state index is 13.2. The molecular weight excluding hydrogens is 430 g/mol. The Kier molecular flexibility index (Phi) is 7.29. The molecule has 0 aromatic heterocycles. The van der Waals surface area contributed by atoms with E-state index in [4.69, 9.17) is 14.2 Å². The van der Waals surface area contributed by atoms with Crippen LogP contribution >= 0.6 is 0 Å². The highest BCUT2D eigenvalue weighted by Crippen LogP contribution is 2.34. The molecule has 10 heteroatoms. The summed E-state index contributed by atoms with van der Waals surface area (Å²) >= 11 is 0. The van der Waals surface area contributed by atoms with E-state index in [2.05, 4.69) is 5.32 Å². The van der Waals surface area contributed by atoms with Gasteiger partial charge in [0.2, 0.25) is 0 Å². The number of non-ortho nitro benzene ring substituents is 1. The highest BCUT2D eigenvalue weighted by molar-refractivity contribution is 6.36. The van der Waals surface area contributed by atoms with Crippen molar-refractivity contribution in [1.29, 1.82) is 0 Å². The number of rotatable bonds is 10. The minimum absolute atomic E-state index is 0.0516. The molecule has 2 aromatic rings. The van der Waals surface area contributed by atoms with Gasteiger partial charge in [-0.2, -0.15) is 0 Å². The van der Waals surface area contributed by atoms with Gasteiger partial charge in [0, 0.05) is 23.9 Å². The largest absolute Gasteiger partial charge is 0.493 e. The van der Waals surface area contributed by atoms with Crippen LogP contribution in [-0.4, -0.2) is 55.1 Å². The molecule has 2 amide bonds. The van der Waals surface area contributed by atoms with Crippen LogP contribution in [0.1, 0.15) is 19.4 Å². The molecule has 1 aliphatic heterocycles. The Hall–Kier alpha value is -3.92. The van der Waals surface area contributed by atoms with Gasteiger partial charge in [-0.15, -0.1) is 0 Å². The van der Waals surface area contributed by atoms with Crippen molar-refractivity contribution in [2.24, 2.45) is 0 Å². The Bertz CT molecular complexity index is 1090. The third kappa shape index (κ3) is 5.12. The Morgan fingerprint density at radius 3 is 2.24 bits per heavy atom. The molecular formula is C23H25N3O7. The Morgan fingerprint density at radius 2 is 1.67 bits per heavy atom. The number of nitro groups is 1. The van der Waals surface area contributed by atoms with Crippen LogP contribution in [0.15, 0.2) is 48.2 Å². The number of amides is 2. The van der Waals surface area contributed by atoms with E-state index in [0.717, 1.165) is 4.90 Å². The van der Waals surface area contributed by atoms with E-state index in [-0.39, 0.29) is 36.2 Å². The summed E-state index contributed by atoms with van der Waals surface area (Å²) in [5, 5.41) is 14.0. The zero-order chi connectivity index (χ0) is 24.1. The minimum atomic E-state index is -0.530. The quantitative estimate of drug-likeness (QED) is 0.329. The SMILES string of the molecule is COc1ccc(NC2=C(c3ccc([N+](=O)[O-])cc3)C(=O)N(CCOC(C)C)C2=O)cc1OC. The normalized spacial score (nSPS) is 13.7. The molecule has 0 unspecified atom stereocenters. The lowest BCUT2D eigenvalue weighted by Crippen LogP contribution is -2.35. The van der Waals surface area contributed by atoms with Crippen molar-refractivity contribution in [3.05, 3.63) is 63.8 Å². The molecule has 1 heterocycles. The summed E-state index contributed by atoms with van der Waals surface area (Å²) in [5.74, 6) is -0.0764. The molecule has 0 bridgehead atoms. The molecule has 33 heavy (non-hydrogen) atoms. The van der Waals surface area contributed by atoms with Gasteiger partial charge >= 0.3 is 0 Å². The fourth-order valence-electron chi connectivity index (χ4n) is 3.35. The lowest BCUT2D eigenvalue weighted by Gasteiger charge is -2.16. The molecule has 0 saturated heterocycles. The predicted molar refractivity (Wildman–Crippen MR) is 121 cm³/mol. The lowest BCUT2D eigenvalue weighted by atomic mass is 10.0. The van der Waals surface area contributed by atoms with Gasteiger partial charge in [-0.25, -0.2) is 0 Å². The minimum Gasteiger partial charge on any atom is -0.493 e. The van der Waals surface area contributed by atoms with Crippen LogP contribution in [-0.2, 0) is 14.3 Å². The molecule has 1 N–H and O–H groups in total. The number of ether oxygens (including phenoxy) is 3. The number of nitrogens with zero attached hydrogens (tertiary/aromatic N) is 2. The first-order valence-electron chi connectivity index (χ1n) is 10.2. The van der Waals surface area contributed by atoms with E-state index >= 15 is 0 Å². The van der Waals surface area contributed by atoms with Crippen LogP contribution in [0, 0.1) is 10.1 Å². The summed E-state index contributed by atoms with van der Waals surface area (Å²) in [5.41, 5.74) is 0.949. The Balaban J connectivity index is 2.00. The standard InChI is InChI=1S/C23H25N3O7/c1-14(2)33-12-11-25-22(27)20(15-5-8-17(9-6-15)26(29)30)21(23(25)28)24-16-7-10-18(31-3)19(13-16)32-4/h5-10,13-14,24H,11-12H2,1-4H3. The smallest absolute Gasteiger partial charge is 0.278 e. The number of benzene rings is 2. The van der Waals surface area contributed by atoms with Crippen molar-refractivity contribution in [3.63, 3.8) is 0 Å². The molecule has 0 atom stereocenters. The number of hydrogen-bond acceptors (Lipinski definition) is 8.